The molecule has 11 nitrogen and oxygen atoms in total. The summed E-state index contributed by atoms with van der Waals surface area (Å²) in [6, 6.07) is 26.3. The molecule has 1 atom stereocenters. The largest absolute Gasteiger partial charge is 0.496 e. The molecular weight excluding hydrogens is 771 g/mol. The van der Waals surface area contributed by atoms with Crippen LogP contribution in [0.25, 0.3) is 21.0 Å². The normalized spacial score (nSPS) is 14.8. The molecule has 0 radical (unpaired) electrons. The van der Waals surface area contributed by atoms with E-state index in [1.54, 1.807) is 27.9 Å². The van der Waals surface area contributed by atoms with E-state index in [1.165, 1.54) is 28.4 Å². The zero-order chi connectivity index (χ0) is 41.4. The molecule has 0 bridgehead atoms. The molecule has 1 aliphatic rings. The minimum atomic E-state index is -3.64. The van der Waals surface area contributed by atoms with Gasteiger partial charge in [0.05, 0.1) is 36.2 Å². The second kappa shape index (κ2) is 16.2. The first-order valence-electron chi connectivity index (χ1n) is 19.5. The van der Waals surface area contributed by atoms with E-state index in [4.69, 9.17) is 13.9 Å². The van der Waals surface area contributed by atoms with Gasteiger partial charge in [0.15, 0.2) is 5.78 Å². The summed E-state index contributed by atoms with van der Waals surface area (Å²) in [6.07, 6.45) is 3.74. The molecule has 0 saturated heterocycles. The molecule has 1 fully saturated rings. The topological polar surface area (TPSA) is 143 Å². The van der Waals surface area contributed by atoms with Crippen LogP contribution in [0.1, 0.15) is 77.0 Å². The van der Waals surface area contributed by atoms with Crippen LogP contribution >= 0.6 is 11.3 Å². The number of methoxy groups -OCH3 is 1. The molecule has 58 heavy (non-hydrogen) atoms. The second-order valence-corrected chi connectivity index (χ2v) is 21.1. The Labute approximate surface area is 342 Å². The van der Waals surface area contributed by atoms with Crippen LogP contribution in [0.2, 0.25) is 5.04 Å². The maximum Gasteiger partial charge on any atom is 0.333 e. The van der Waals surface area contributed by atoms with Crippen LogP contribution in [0.15, 0.2) is 111 Å². The van der Waals surface area contributed by atoms with E-state index in [1.807, 2.05) is 98.8 Å². The van der Waals surface area contributed by atoms with Gasteiger partial charge in [-0.3, -0.25) is 19.0 Å². The molecule has 13 heteroatoms. The number of ketones is 2. The number of para-hydroxylation sites is 1. The highest BCUT2D eigenvalue weighted by Crippen LogP contribution is 2.42. The average molecular weight is 820 g/mol. The number of hydrogen-bond donors (Lipinski definition) is 1. The minimum absolute atomic E-state index is 0.0319. The highest BCUT2D eigenvalue weighted by molar-refractivity contribution is 7.22. The Balaban J connectivity index is 1.38. The zero-order valence-electron chi connectivity index (χ0n) is 33.7. The third-order valence-electron chi connectivity index (χ3n) is 11.7. The van der Waals surface area contributed by atoms with Gasteiger partial charge in [0.1, 0.15) is 34.3 Å². The molecule has 1 unspecified atom stereocenters. The molecule has 0 spiro atoms. The Morgan fingerprint density at radius 1 is 0.948 bits per heavy atom. The molecule has 302 valence electrons. The number of rotatable bonds is 14. The first kappa shape index (κ1) is 41.0. The highest BCUT2D eigenvalue weighted by atomic mass is 32.1. The van der Waals surface area contributed by atoms with Gasteiger partial charge in [-0.1, -0.05) is 92.7 Å². The van der Waals surface area contributed by atoms with Gasteiger partial charge in [-0.2, -0.15) is 0 Å². The Morgan fingerprint density at radius 2 is 1.55 bits per heavy atom. The lowest BCUT2D eigenvalue weighted by atomic mass is 9.91. The van der Waals surface area contributed by atoms with Crippen LogP contribution in [0.3, 0.4) is 0 Å². The number of hydrogen-bond acceptors (Lipinski definition) is 10. The lowest BCUT2D eigenvalue weighted by Gasteiger charge is -2.42. The number of carbonyl (C=O) groups excluding carboxylic acids is 2. The molecule has 1 N–H and O–H groups in total. The molecular formula is C45H49N3O8SSi. The third kappa shape index (κ3) is 7.36. The highest BCUT2D eigenvalue weighted by Gasteiger charge is 2.52. The standard InChI is InChI=1S/C45H49N3O8SSi/c1-29-38-41(51)48(45(4,5)37(50)27-44(2,3)58(53,32-15-9-7-10-16-32)33-17-11-8-12-18-33)43(52)47(42(38)57-39(29)40-46-25-26-55-40)28-36(34-19-13-14-20-35(34)54-6)56-31-23-21-30(49)22-24-31/h7-20,25-26,31,36,53H,21-24,27-28H2,1-6H3. The van der Waals surface area contributed by atoms with Crippen LogP contribution in [0.4, 0.5) is 0 Å². The minimum Gasteiger partial charge on any atom is -0.496 e. The van der Waals surface area contributed by atoms with Gasteiger partial charge in [-0.05, 0) is 60.7 Å². The summed E-state index contributed by atoms with van der Waals surface area (Å²) in [7, 11) is -2.07. The van der Waals surface area contributed by atoms with Gasteiger partial charge in [0.2, 0.25) is 5.89 Å². The Morgan fingerprint density at radius 3 is 2.14 bits per heavy atom. The smallest absolute Gasteiger partial charge is 0.333 e. The molecule has 3 aromatic heterocycles. The second-order valence-electron chi connectivity index (χ2n) is 16.2. The SMILES string of the molecule is COc1ccccc1C(Cn1c(=O)n(C(C)(C)C(=O)CC(C)(C)[Si](O)(c2ccccc2)c2ccccc2)c(=O)c2c(C)c(-c3ncco3)sc21)OC1CCC(=O)CC1. The van der Waals surface area contributed by atoms with Gasteiger partial charge in [-0.15, -0.1) is 11.3 Å². The number of carbonyl (C=O) groups is 2. The van der Waals surface area contributed by atoms with Crippen molar-refractivity contribution in [1.29, 1.82) is 0 Å². The Kier molecular flexibility index (Phi) is 11.4. The van der Waals surface area contributed by atoms with E-state index in [0.717, 1.165) is 14.9 Å². The number of benzene rings is 3. The summed E-state index contributed by atoms with van der Waals surface area (Å²) in [5.41, 5.74) is -1.70. The summed E-state index contributed by atoms with van der Waals surface area (Å²) in [5, 5.41) is 0.766. The van der Waals surface area contributed by atoms with Crippen molar-refractivity contribution in [3.8, 4) is 16.5 Å². The molecule has 6 aromatic rings. The van der Waals surface area contributed by atoms with Crippen molar-refractivity contribution in [1.82, 2.24) is 14.1 Å². The van der Waals surface area contributed by atoms with Crippen LogP contribution in [0.5, 0.6) is 5.75 Å². The summed E-state index contributed by atoms with van der Waals surface area (Å²) in [4.78, 5) is 75.4. The predicted octanol–water partition coefficient (Wildman–Crippen LogP) is 6.69. The number of oxazole rings is 1. The van der Waals surface area contributed by atoms with Crippen LogP contribution < -0.4 is 26.4 Å². The summed E-state index contributed by atoms with van der Waals surface area (Å²) in [6.45, 7) is 8.72. The van der Waals surface area contributed by atoms with Crippen LogP contribution in [-0.4, -0.2) is 52.0 Å². The van der Waals surface area contributed by atoms with Crippen molar-refractivity contribution in [2.75, 3.05) is 7.11 Å². The van der Waals surface area contributed by atoms with E-state index >= 15 is 4.79 Å². The summed E-state index contributed by atoms with van der Waals surface area (Å²) < 4.78 is 20.8. The van der Waals surface area contributed by atoms with Crippen molar-refractivity contribution in [3.05, 3.63) is 129 Å². The van der Waals surface area contributed by atoms with Crippen LogP contribution in [0, 0.1) is 6.92 Å². The average Bonchev–Trinajstić information content (AvgIpc) is 3.88. The van der Waals surface area contributed by atoms with Crippen molar-refractivity contribution >= 4 is 51.8 Å². The molecule has 1 aliphatic carbocycles. The molecule has 7 rings (SSSR count). The molecule has 0 amide bonds. The van der Waals surface area contributed by atoms with Gasteiger partial charge < -0.3 is 18.7 Å². The number of Topliss-reactive ketones (excluding diaryl/α,β-unsaturated/α-hetero) is 2. The Bertz CT molecular complexity index is 2510. The maximum absolute atomic E-state index is 15.2. The molecule has 3 heterocycles. The number of aromatic nitrogens is 3. The van der Waals surface area contributed by atoms with Gasteiger partial charge in [-0.25, -0.2) is 14.3 Å². The fraction of sp³-hybridized carbons (Fsp3) is 0.356. The van der Waals surface area contributed by atoms with E-state index in [9.17, 15) is 19.2 Å². The van der Waals surface area contributed by atoms with Crippen molar-refractivity contribution in [2.45, 2.75) is 96.1 Å². The quantitative estimate of drug-likeness (QED) is 0.119. The number of fused-ring (bicyclic) bond motifs is 1. The summed E-state index contributed by atoms with van der Waals surface area (Å²) >= 11 is 1.22. The lowest BCUT2D eigenvalue weighted by molar-refractivity contribution is -0.127. The molecule has 3 aromatic carbocycles. The van der Waals surface area contributed by atoms with E-state index in [0.29, 0.717) is 58.2 Å². The molecule has 1 saturated carbocycles. The van der Waals surface area contributed by atoms with E-state index in [2.05, 4.69) is 4.98 Å². The number of ether oxygens (including phenoxy) is 2. The zero-order valence-corrected chi connectivity index (χ0v) is 35.5. The third-order valence-corrected chi connectivity index (χ3v) is 17.5. The fourth-order valence-corrected chi connectivity index (χ4v) is 13.2. The Hall–Kier alpha value is -5.21. The van der Waals surface area contributed by atoms with Crippen molar-refractivity contribution in [2.24, 2.45) is 0 Å². The summed E-state index contributed by atoms with van der Waals surface area (Å²) in [5.74, 6) is 0.670. The van der Waals surface area contributed by atoms with E-state index in [-0.39, 0.29) is 36.0 Å². The first-order chi connectivity index (χ1) is 27.7. The number of nitrogens with zero attached hydrogens (tertiary/aromatic N) is 3. The first-order valence-corrected chi connectivity index (χ1v) is 22.3. The lowest BCUT2D eigenvalue weighted by Crippen LogP contribution is -2.66. The van der Waals surface area contributed by atoms with Crippen molar-refractivity contribution in [3.63, 3.8) is 0 Å². The number of aryl methyl sites for hydroxylation is 1. The van der Waals surface area contributed by atoms with Crippen LogP contribution in [-0.2, 0) is 26.4 Å². The van der Waals surface area contributed by atoms with Gasteiger partial charge in [0, 0.05) is 24.8 Å². The van der Waals surface area contributed by atoms with Crippen molar-refractivity contribution < 1.29 is 28.3 Å². The monoisotopic (exact) mass is 819 g/mol. The van der Waals surface area contributed by atoms with E-state index < -0.39 is 36.2 Å². The molecule has 0 aliphatic heterocycles. The maximum atomic E-state index is 15.2. The fourth-order valence-electron chi connectivity index (χ4n) is 8.31. The predicted molar refractivity (Wildman–Crippen MR) is 228 cm³/mol. The number of thiophene rings is 1. The van der Waals surface area contributed by atoms with Gasteiger partial charge >= 0.3 is 5.69 Å². The van der Waals surface area contributed by atoms with Gasteiger partial charge in [0.25, 0.3) is 13.9 Å².